The molecular formula is C12H11NO4S. The van der Waals surface area contributed by atoms with Gasteiger partial charge in [0.05, 0.1) is 29.2 Å². The maximum absolute atomic E-state index is 11.1. The van der Waals surface area contributed by atoms with Crippen LogP contribution in [-0.2, 0) is 11.2 Å². The number of hydrogen-bond donors (Lipinski definition) is 1. The van der Waals surface area contributed by atoms with Crippen molar-refractivity contribution in [2.24, 2.45) is 4.99 Å². The lowest BCUT2D eigenvalue weighted by molar-refractivity contribution is -0.133. The summed E-state index contributed by atoms with van der Waals surface area (Å²) in [6.45, 7) is 0. The zero-order valence-electron chi connectivity index (χ0n) is 9.67. The van der Waals surface area contributed by atoms with Crippen molar-refractivity contribution in [3.8, 4) is 5.75 Å². The number of aliphatic carboxylic acids is 1. The van der Waals surface area contributed by atoms with Crippen LogP contribution in [0.25, 0.3) is 0 Å². The minimum Gasteiger partial charge on any atom is -0.496 e. The Morgan fingerprint density at radius 2 is 2.39 bits per heavy atom. The zero-order valence-corrected chi connectivity index (χ0v) is 10.5. The number of nitrogens with zero attached hydrogens (tertiary/aromatic N) is 1. The molecule has 0 amide bonds. The van der Waals surface area contributed by atoms with Gasteiger partial charge < -0.3 is 9.84 Å². The van der Waals surface area contributed by atoms with Gasteiger partial charge in [0.1, 0.15) is 5.75 Å². The van der Waals surface area contributed by atoms with Crippen LogP contribution in [-0.4, -0.2) is 35.3 Å². The first-order valence-corrected chi connectivity index (χ1v) is 6.21. The van der Waals surface area contributed by atoms with Gasteiger partial charge in [-0.3, -0.25) is 9.59 Å². The van der Waals surface area contributed by atoms with Crippen molar-refractivity contribution in [1.29, 1.82) is 0 Å². The van der Waals surface area contributed by atoms with Crippen LogP contribution in [0.4, 0.5) is 5.69 Å². The maximum Gasteiger partial charge on any atom is 0.313 e. The Kier molecular flexibility index (Phi) is 3.66. The lowest BCUT2D eigenvalue weighted by atomic mass is 10.0. The molecule has 5 nitrogen and oxygen atoms in total. The van der Waals surface area contributed by atoms with Crippen molar-refractivity contribution in [2.75, 3.05) is 12.9 Å². The third-order valence-electron chi connectivity index (χ3n) is 2.57. The molecule has 1 heterocycles. The Hall–Kier alpha value is -1.82. The number of aliphatic imine (C=N–C) groups is 1. The van der Waals surface area contributed by atoms with Gasteiger partial charge in [0, 0.05) is 6.42 Å². The molecule has 0 unspecified atom stereocenters. The Morgan fingerprint density at radius 1 is 1.61 bits per heavy atom. The second-order valence-electron chi connectivity index (χ2n) is 3.66. The summed E-state index contributed by atoms with van der Waals surface area (Å²) in [7, 11) is 1.50. The minimum absolute atomic E-state index is 0.0274. The highest BCUT2D eigenvalue weighted by Gasteiger charge is 2.21. The summed E-state index contributed by atoms with van der Waals surface area (Å²) in [4.78, 5) is 25.9. The molecule has 0 atom stereocenters. The standard InChI is InChI=1S/C12H11NO4S/c1-17-10-3-2-9-7(8(10)5-14)4-11(13-9)18-6-12(15)16/h2-3,5H,4,6H2,1H3,(H,15,16). The first kappa shape index (κ1) is 12.6. The van der Waals surface area contributed by atoms with E-state index in [0.717, 1.165) is 11.8 Å². The topological polar surface area (TPSA) is 76.0 Å². The van der Waals surface area contributed by atoms with Crippen molar-refractivity contribution in [3.63, 3.8) is 0 Å². The van der Waals surface area contributed by atoms with Gasteiger partial charge >= 0.3 is 5.97 Å². The highest BCUT2D eigenvalue weighted by Crippen LogP contribution is 2.36. The number of thioether (sulfide) groups is 1. The van der Waals surface area contributed by atoms with E-state index in [0.29, 0.717) is 28.5 Å². The average molecular weight is 265 g/mol. The van der Waals surface area contributed by atoms with Gasteiger partial charge in [-0.1, -0.05) is 11.8 Å². The van der Waals surface area contributed by atoms with E-state index in [1.807, 2.05) is 0 Å². The predicted octanol–water partition coefficient (Wildman–Crippen LogP) is 1.91. The van der Waals surface area contributed by atoms with Crippen molar-refractivity contribution in [2.45, 2.75) is 6.42 Å². The molecule has 0 bridgehead atoms. The van der Waals surface area contributed by atoms with E-state index in [1.54, 1.807) is 12.1 Å². The van der Waals surface area contributed by atoms with Gasteiger partial charge in [-0.25, -0.2) is 4.99 Å². The lowest BCUT2D eigenvalue weighted by Crippen LogP contribution is -2.03. The van der Waals surface area contributed by atoms with E-state index < -0.39 is 5.97 Å². The van der Waals surface area contributed by atoms with Crippen LogP contribution in [0.3, 0.4) is 0 Å². The van der Waals surface area contributed by atoms with Crippen molar-refractivity contribution in [3.05, 3.63) is 23.3 Å². The maximum atomic E-state index is 11.1. The van der Waals surface area contributed by atoms with E-state index in [1.165, 1.54) is 18.9 Å². The SMILES string of the molecule is COc1ccc2c(c1C=O)CC(SCC(=O)O)=N2. The summed E-state index contributed by atoms with van der Waals surface area (Å²) in [5.41, 5.74) is 2.01. The van der Waals surface area contributed by atoms with Gasteiger partial charge in [0.25, 0.3) is 0 Å². The molecule has 0 saturated heterocycles. The molecule has 0 aromatic heterocycles. The van der Waals surface area contributed by atoms with Crippen LogP contribution < -0.4 is 4.74 Å². The number of hydrogen-bond acceptors (Lipinski definition) is 5. The predicted molar refractivity (Wildman–Crippen MR) is 69.3 cm³/mol. The Labute approximate surface area is 108 Å². The monoisotopic (exact) mass is 265 g/mol. The number of ether oxygens (including phenoxy) is 1. The van der Waals surface area contributed by atoms with Crippen molar-refractivity contribution in [1.82, 2.24) is 0 Å². The summed E-state index contributed by atoms with van der Waals surface area (Å²) in [6, 6.07) is 3.46. The van der Waals surface area contributed by atoms with E-state index in [9.17, 15) is 9.59 Å². The summed E-state index contributed by atoms with van der Waals surface area (Å²) in [5, 5.41) is 9.33. The molecule has 0 radical (unpaired) electrons. The van der Waals surface area contributed by atoms with Crippen LogP contribution in [0.15, 0.2) is 17.1 Å². The van der Waals surface area contributed by atoms with E-state index >= 15 is 0 Å². The first-order valence-electron chi connectivity index (χ1n) is 5.23. The molecule has 0 aliphatic carbocycles. The van der Waals surface area contributed by atoms with Crippen LogP contribution in [0.1, 0.15) is 15.9 Å². The molecule has 1 aromatic rings. The van der Waals surface area contributed by atoms with E-state index in [4.69, 9.17) is 9.84 Å². The molecule has 0 saturated carbocycles. The van der Waals surface area contributed by atoms with Crippen LogP contribution in [0, 0.1) is 0 Å². The number of carboxylic acid groups (broad SMARTS) is 1. The fraction of sp³-hybridized carbons (Fsp3) is 0.250. The normalized spacial score (nSPS) is 12.8. The quantitative estimate of drug-likeness (QED) is 0.841. The summed E-state index contributed by atoms with van der Waals surface area (Å²) < 4.78 is 5.11. The van der Waals surface area contributed by atoms with Crippen molar-refractivity contribution >= 4 is 34.7 Å². The zero-order chi connectivity index (χ0) is 13.1. The molecule has 0 spiro atoms. The Bertz CT molecular complexity index is 539. The third-order valence-corrected chi connectivity index (χ3v) is 3.53. The van der Waals surface area contributed by atoms with Gasteiger partial charge in [0.15, 0.2) is 6.29 Å². The van der Waals surface area contributed by atoms with Crippen LogP contribution >= 0.6 is 11.8 Å². The lowest BCUT2D eigenvalue weighted by Gasteiger charge is -2.07. The number of fused-ring (bicyclic) bond motifs is 1. The molecule has 1 aromatic carbocycles. The minimum atomic E-state index is -0.883. The van der Waals surface area contributed by atoms with Crippen LogP contribution in [0.5, 0.6) is 5.75 Å². The second kappa shape index (κ2) is 5.22. The number of carbonyl (C=O) groups is 2. The average Bonchev–Trinajstić information content (AvgIpc) is 2.77. The number of aldehydes is 1. The molecule has 18 heavy (non-hydrogen) atoms. The van der Waals surface area contributed by atoms with E-state index in [-0.39, 0.29) is 5.75 Å². The smallest absolute Gasteiger partial charge is 0.313 e. The number of carboxylic acids is 1. The number of carbonyl (C=O) groups excluding carboxylic acids is 1. The Morgan fingerprint density at radius 3 is 3.00 bits per heavy atom. The van der Waals surface area contributed by atoms with Crippen LogP contribution in [0.2, 0.25) is 0 Å². The summed E-state index contributed by atoms with van der Waals surface area (Å²) in [6.07, 6.45) is 1.23. The molecule has 1 N–H and O–H groups in total. The molecule has 2 rings (SSSR count). The summed E-state index contributed by atoms with van der Waals surface area (Å²) in [5.74, 6) is -0.393. The molecule has 94 valence electrons. The first-order chi connectivity index (χ1) is 8.65. The van der Waals surface area contributed by atoms with Crippen molar-refractivity contribution < 1.29 is 19.4 Å². The molecule has 6 heteroatoms. The van der Waals surface area contributed by atoms with E-state index in [2.05, 4.69) is 4.99 Å². The number of benzene rings is 1. The molecular weight excluding hydrogens is 254 g/mol. The fourth-order valence-electron chi connectivity index (χ4n) is 1.78. The molecule has 0 fully saturated rings. The number of methoxy groups -OCH3 is 1. The van der Waals surface area contributed by atoms with Gasteiger partial charge in [-0.15, -0.1) is 0 Å². The third kappa shape index (κ3) is 2.38. The molecule has 1 aliphatic rings. The number of rotatable bonds is 4. The van der Waals surface area contributed by atoms with Gasteiger partial charge in [-0.05, 0) is 17.7 Å². The molecule has 1 aliphatic heterocycles. The second-order valence-corrected chi connectivity index (χ2v) is 4.71. The highest BCUT2D eigenvalue weighted by molar-refractivity contribution is 8.14. The highest BCUT2D eigenvalue weighted by atomic mass is 32.2. The Balaban J connectivity index is 2.24. The van der Waals surface area contributed by atoms with Gasteiger partial charge in [0.2, 0.25) is 0 Å². The fourth-order valence-corrected chi connectivity index (χ4v) is 2.48. The largest absolute Gasteiger partial charge is 0.496 e. The van der Waals surface area contributed by atoms with Gasteiger partial charge in [-0.2, -0.15) is 0 Å². The summed E-state index contributed by atoms with van der Waals surface area (Å²) >= 11 is 1.18.